The van der Waals surface area contributed by atoms with Gasteiger partial charge in [0, 0.05) is 11.5 Å². The van der Waals surface area contributed by atoms with Crippen LogP contribution in [0.25, 0.3) is 0 Å². The van der Waals surface area contributed by atoms with E-state index in [9.17, 15) is 4.79 Å². The second kappa shape index (κ2) is 5.34. The Labute approximate surface area is 92.7 Å². The van der Waals surface area contributed by atoms with Gasteiger partial charge in [-0.15, -0.1) is 0 Å². The van der Waals surface area contributed by atoms with Crippen molar-refractivity contribution in [3.63, 3.8) is 0 Å². The van der Waals surface area contributed by atoms with Crippen LogP contribution in [0.2, 0.25) is 0 Å². The van der Waals surface area contributed by atoms with Crippen LogP contribution in [-0.2, 0) is 9.53 Å². The number of ether oxygens (including phenoxy) is 1. The summed E-state index contributed by atoms with van der Waals surface area (Å²) in [6.45, 7) is 3.96. The summed E-state index contributed by atoms with van der Waals surface area (Å²) in [7, 11) is 1.61. The van der Waals surface area contributed by atoms with Crippen molar-refractivity contribution < 1.29 is 9.53 Å². The van der Waals surface area contributed by atoms with E-state index in [4.69, 9.17) is 4.74 Å². The third-order valence-electron chi connectivity index (χ3n) is 3.67. The molecule has 1 rings (SSSR count). The summed E-state index contributed by atoms with van der Waals surface area (Å²) < 4.78 is 5.04. The first-order valence-electron chi connectivity index (χ1n) is 5.91. The number of hydrogen-bond acceptors (Lipinski definition) is 2. The van der Waals surface area contributed by atoms with Crippen LogP contribution in [0.3, 0.4) is 0 Å². The highest BCUT2D eigenvalue weighted by atomic mass is 16.5. The van der Waals surface area contributed by atoms with E-state index < -0.39 is 0 Å². The molecule has 0 heterocycles. The highest BCUT2D eigenvalue weighted by Gasteiger charge is 2.36. The zero-order valence-electron chi connectivity index (χ0n) is 10.1. The van der Waals surface area contributed by atoms with Crippen molar-refractivity contribution in [2.24, 2.45) is 5.41 Å². The SMILES string of the molecule is CCC1(C(=O)/C=C(/C)OC)CCCCC1. The molecule has 0 unspecified atom stereocenters. The van der Waals surface area contributed by atoms with Crippen LogP contribution in [0, 0.1) is 5.41 Å². The van der Waals surface area contributed by atoms with Gasteiger partial charge in [-0.3, -0.25) is 4.79 Å². The lowest BCUT2D eigenvalue weighted by Gasteiger charge is -2.34. The standard InChI is InChI=1S/C13H22O2/c1-4-13(8-6-5-7-9-13)12(14)10-11(2)15-3/h10H,4-9H2,1-3H3/b11-10-. The highest BCUT2D eigenvalue weighted by molar-refractivity contribution is 5.95. The first-order chi connectivity index (χ1) is 7.14. The lowest BCUT2D eigenvalue weighted by molar-refractivity contribution is -0.126. The van der Waals surface area contributed by atoms with Crippen molar-refractivity contribution in [3.05, 3.63) is 11.8 Å². The fourth-order valence-corrected chi connectivity index (χ4v) is 2.40. The van der Waals surface area contributed by atoms with Gasteiger partial charge in [-0.05, 0) is 26.2 Å². The summed E-state index contributed by atoms with van der Waals surface area (Å²) in [4.78, 5) is 12.2. The van der Waals surface area contributed by atoms with Gasteiger partial charge in [0.05, 0.1) is 12.9 Å². The summed E-state index contributed by atoms with van der Waals surface area (Å²) in [5.74, 6) is 0.988. The van der Waals surface area contributed by atoms with Crippen molar-refractivity contribution in [2.75, 3.05) is 7.11 Å². The van der Waals surface area contributed by atoms with E-state index in [0.717, 1.165) is 25.0 Å². The Hall–Kier alpha value is -0.790. The van der Waals surface area contributed by atoms with Gasteiger partial charge in [0.2, 0.25) is 0 Å². The second-order valence-corrected chi connectivity index (χ2v) is 4.52. The summed E-state index contributed by atoms with van der Waals surface area (Å²) in [6, 6.07) is 0. The van der Waals surface area contributed by atoms with Gasteiger partial charge in [0.1, 0.15) is 0 Å². The Morgan fingerprint density at radius 3 is 2.40 bits per heavy atom. The molecule has 0 aromatic heterocycles. The van der Waals surface area contributed by atoms with Gasteiger partial charge in [-0.25, -0.2) is 0 Å². The van der Waals surface area contributed by atoms with Gasteiger partial charge in [0.25, 0.3) is 0 Å². The molecule has 0 aromatic rings. The van der Waals surface area contributed by atoms with E-state index in [1.807, 2.05) is 6.92 Å². The lowest BCUT2D eigenvalue weighted by atomic mass is 9.69. The molecule has 0 saturated heterocycles. The predicted octanol–water partition coefficient (Wildman–Crippen LogP) is 3.47. The molecule has 0 radical (unpaired) electrons. The van der Waals surface area contributed by atoms with Crippen LogP contribution >= 0.6 is 0 Å². The Kier molecular flexibility index (Phi) is 4.37. The largest absolute Gasteiger partial charge is 0.501 e. The molecule has 86 valence electrons. The Bertz CT molecular complexity index is 247. The van der Waals surface area contributed by atoms with Crippen molar-refractivity contribution in [3.8, 4) is 0 Å². The van der Waals surface area contributed by atoms with E-state index in [-0.39, 0.29) is 11.2 Å². The van der Waals surface area contributed by atoms with Gasteiger partial charge in [-0.1, -0.05) is 26.2 Å². The highest BCUT2D eigenvalue weighted by Crippen LogP contribution is 2.40. The summed E-state index contributed by atoms with van der Waals surface area (Å²) in [6.07, 6.45) is 8.40. The molecule has 1 aliphatic carbocycles. The number of methoxy groups -OCH3 is 1. The van der Waals surface area contributed by atoms with Crippen molar-refractivity contribution >= 4 is 5.78 Å². The van der Waals surface area contributed by atoms with Crippen molar-refractivity contribution in [1.29, 1.82) is 0 Å². The zero-order chi connectivity index (χ0) is 11.3. The smallest absolute Gasteiger partial charge is 0.165 e. The number of allylic oxidation sites excluding steroid dienone is 2. The minimum absolute atomic E-state index is 0.0853. The summed E-state index contributed by atoms with van der Waals surface area (Å²) in [5, 5.41) is 0. The predicted molar refractivity (Wildman–Crippen MR) is 61.6 cm³/mol. The third-order valence-corrected chi connectivity index (χ3v) is 3.67. The monoisotopic (exact) mass is 210 g/mol. The van der Waals surface area contributed by atoms with Crippen LogP contribution < -0.4 is 0 Å². The van der Waals surface area contributed by atoms with Crippen LogP contribution in [0.15, 0.2) is 11.8 Å². The van der Waals surface area contributed by atoms with Crippen molar-refractivity contribution in [1.82, 2.24) is 0 Å². The van der Waals surface area contributed by atoms with Crippen LogP contribution in [0.1, 0.15) is 52.4 Å². The molecular weight excluding hydrogens is 188 g/mol. The average Bonchev–Trinajstić information content (AvgIpc) is 2.29. The normalized spacial score (nSPS) is 21.1. The number of carbonyl (C=O) groups excluding carboxylic acids is 1. The van der Waals surface area contributed by atoms with Gasteiger partial charge in [-0.2, -0.15) is 0 Å². The molecule has 0 spiro atoms. The second-order valence-electron chi connectivity index (χ2n) is 4.52. The molecule has 1 aliphatic rings. The van der Waals surface area contributed by atoms with E-state index >= 15 is 0 Å². The van der Waals surface area contributed by atoms with E-state index in [1.165, 1.54) is 19.3 Å². The topological polar surface area (TPSA) is 26.3 Å². The fourth-order valence-electron chi connectivity index (χ4n) is 2.40. The number of hydrogen-bond donors (Lipinski definition) is 0. The molecular formula is C13H22O2. The Morgan fingerprint density at radius 1 is 1.33 bits per heavy atom. The molecule has 0 aliphatic heterocycles. The Balaban J connectivity index is 2.76. The van der Waals surface area contributed by atoms with Gasteiger partial charge >= 0.3 is 0 Å². The maximum atomic E-state index is 12.2. The number of carbonyl (C=O) groups is 1. The first kappa shape index (κ1) is 12.3. The molecule has 0 N–H and O–H groups in total. The molecule has 0 atom stereocenters. The average molecular weight is 210 g/mol. The maximum Gasteiger partial charge on any atom is 0.165 e. The molecule has 2 nitrogen and oxygen atoms in total. The summed E-state index contributed by atoms with van der Waals surface area (Å²) in [5.41, 5.74) is -0.0853. The Morgan fingerprint density at radius 2 is 1.93 bits per heavy atom. The third kappa shape index (κ3) is 2.83. The van der Waals surface area contributed by atoms with E-state index in [2.05, 4.69) is 6.92 Å². The van der Waals surface area contributed by atoms with Crippen molar-refractivity contribution in [2.45, 2.75) is 52.4 Å². The van der Waals surface area contributed by atoms with Gasteiger partial charge < -0.3 is 4.74 Å². The minimum Gasteiger partial charge on any atom is -0.501 e. The molecule has 0 bridgehead atoms. The molecule has 0 aromatic carbocycles. The first-order valence-corrected chi connectivity index (χ1v) is 5.91. The van der Waals surface area contributed by atoms with E-state index in [1.54, 1.807) is 13.2 Å². The summed E-state index contributed by atoms with van der Waals surface area (Å²) >= 11 is 0. The molecule has 2 heteroatoms. The maximum absolute atomic E-state index is 12.2. The molecule has 15 heavy (non-hydrogen) atoms. The zero-order valence-corrected chi connectivity index (χ0v) is 10.1. The van der Waals surface area contributed by atoms with Gasteiger partial charge in [0.15, 0.2) is 5.78 Å². The minimum atomic E-state index is -0.0853. The quantitative estimate of drug-likeness (QED) is 0.524. The van der Waals surface area contributed by atoms with Crippen LogP contribution in [-0.4, -0.2) is 12.9 Å². The number of rotatable bonds is 4. The lowest BCUT2D eigenvalue weighted by Crippen LogP contribution is -2.31. The molecule has 0 amide bonds. The number of ketones is 1. The van der Waals surface area contributed by atoms with Crippen LogP contribution in [0.5, 0.6) is 0 Å². The molecule has 1 saturated carbocycles. The van der Waals surface area contributed by atoms with Crippen LogP contribution in [0.4, 0.5) is 0 Å². The molecule has 1 fully saturated rings. The van der Waals surface area contributed by atoms with E-state index in [0.29, 0.717) is 0 Å². The fraction of sp³-hybridized carbons (Fsp3) is 0.769.